The van der Waals surface area contributed by atoms with Gasteiger partial charge in [0.2, 0.25) is 0 Å². The summed E-state index contributed by atoms with van der Waals surface area (Å²) in [4.78, 5) is 2.50. The first kappa shape index (κ1) is 13.1. The molecule has 0 spiro atoms. The fourth-order valence-corrected chi connectivity index (χ4v) is 2.27. The molecule has 2 heteroatoms. The van der Waals surface area contributed by atoms with Crippen LogP contribution in [0.4, 0.5) is 0 Å². The van der Waals surface area contributed by atoms with Gasteiger partial charge in [0.25, 0.3) is 0 Å². The minimum Gasteiger partial charge on any atom is -0.392 e. The van der Waals surface area contributed by atoms with E-state index in [1.54, 1.807) is 6.08 Å². The molecule has 0 saturated carbocycles. The van der Waals surface area contributed by atoms with Crippen LogP contribution in [0.2, 0.25) is 0 Å². The molecule has 0 unspecified atom stereocenters. The normalized spacial score (nSPS) is 17.3. The van der Waals surface area contributed by atoms with Gasteiger partial charge in [0.15, 0.2) is 0 Å². The highest BCUT2D eigenvalue weighted by Gasteiger charge is 2.13. The van der Waals surface area contributed by atoms with Crippen LogP contribution in [0.15, 0.2) is 54.1 Å². The maximum Gasteiger partial charge on any atom is 0.0615 e. The third-order valence-corrected chi connectivity index (χ3v) is 3.32. The third kappa shape index (κ3) is 4.13. The van der Waals surface area contributed by atoms with E-state index < -0.39 is 0 Å². The van der Waals surface area contributed by atoms with Gasteiger partial charge in [-0.15, -0.1) is 0 Å². The average Bonchev–Trinajstić information content (AvgIpc) is 2.42. The van der Waals surface area contributed by atoms with Crippen LogP contribution >= 0.6 is 0 Å². The van der Waals surface area contributed by atoms with E-state index >= 15 is 0 Å². The van der Waals surface area contributed by atoms with Crippen molar-refractivity contribution < 1.29 is 5.11 Å². The summed E-state index contributed by atoms with van der Waals surface area (Å²) in [5, 5.41) is 8.68. The Balaban J connectivity index is 1.80. The molecule has 18 heavy (non-hydrogen) atoms. The molecular formula is C16H21NO. The minimum absolute atomic E-state index is 0.129. The largest absolute Gasteiger partial charge is 0.392 e. The predicted molar refractivity (Wildman–Crippen MR) is 75.3 cm³/mol. The molecular weight excluding hydrogens is 222 g/mol. The zero-order valence-corrected chi connectivity index (χ0v) is 10.8. The molecule has 1 aromatic carbocycles. The molecule has 96 valence electrons. The lowest BCUT2D eigenvalue weighted by Crippen LogP contribution is -2.30. The molecule has 2 rings (SSSR count). The second kappa shape index (κ2) is 7.14. The van der Waals surface area contributed by atoms with Gasteiger partial charge in [0, 0.05) is 19.6 Å². The van der Waals surface area contributed by atoms with E-state index in [9.17, 15) is 0 Å². The third-order valence-electron chi connectivity index (χ3n) is 3.32. The molecule has 0 bridgehead atoms. The van der Waals surface area contributed by atoms with E-state index in [0.29, 0.717) is 0 Å². The van der Waals surface area contributed by atoms with Crippen molar-refractivity contribution in [1.82, 2.24) is 4.90 Å². The molecule has 1 saturated heterocycles. The van der Waals surface area contributed by atoms with Crippen molar-refractivity contribution >= 4 is 0 Å². The van der Waals surface area contributed by atoms with E-state index in [-0.39, 0.29) is 6.61 Å². The topological polar surface area (TPSA) is 23.5 Å². The number of nitrogens with zero attached hydrogens (tertiary/aromatic N) is 1. The first-order chi connectivity index (χ1) is 8.88. The Hall–Kier alpha value is -1.38. The quantitative estimate of drug-likeness (QED) is 0.879. The van der Waals surface area contributed by atoms with Crippen LogP contribution in [0, 0.1) is 0 Å². The van der Waals surface area contributed by atoms with Gasteiger partial charge in [-0.05, 0) is 18.4 Å². The van der Waals surface area contributed by atoms with Crippen molar-refractivity contribution in [2.24, 2.45) is 0 Å². The smallest absolute Gasteiger partial charge is 0.0615 e. The summed E-state index contributed by atoms with van der Waals surface area (Å²) in [6, 6.07) is 10.6. The lowest BCUT2D eigenvalue weighted by molar-refractivity contribution is 0.248. The molecule has 1 N–H and O–H groups in total. The Labute approximate surface area is 109 Å². The first-order valence-electron chi connectivity index (χ1n) is 6.60. The number of likely N-dealkylation sites (tertiary alicyclic amines) is 1. The highest BCUT2D eigenvalue weighted by atomic mass is 16.2. The Morgan fingerprint density at radius 2 is 1.83 bits per heavy atom. The first-order valence-corrected chi connectivity index (χ1v) is 6.60. The summed E-state index contributed by atoms with van der Waals surface area (Å²) in [6.45, 7) is 3.45. The van der Waals surface area contributed by atoms with Crippen molar-refractivity contribution in [3.63, 3.8) is 0 Å². The fourth-order valence-electron chi connectivity index (χ4n) is 2.27. The number of rotatable bonds is 4. The van der Waals surface area contributed by atoms with Crippen LogP contribution in [0.5, 0.6) is 0 Å². The lowest BCUT2D eigenvalue weighted by Gasteiger charge is -2.28. The predicted octanol–water partition coefficient (Wildman–Crippen LogP) is 2.76. The van der Waals surface area contributed by atoms with Crippen molar-refractivity contribution in [3.05, 3.63) is 59.7 Å². The molecule has 1 aromatic rings. The van der Waals surface area contributed by atoms with E-state index in [0.717, 1.165) is 32.5 Å². The highest BCUT2D eigenvalue weighted by molar-refractivity contribution is 5.17. The van der Waals surface area contributed by atoms with Crippen LogP contribution in [-0.4, -0.2) is 29.7 Å². The minimum atomic E-state index is 0.129. The maximum atomic E-state index is 8.68. The molecule has 0 amide bonds. The average molecular weight is 243 g/mol. The van der Waals surface area contributed by atoms with Gasteiger partial charge in [-0.1, -0.05) is 54.1 Å². The van der Waals surface area contributed by atoms with E-state index in [1.807, 2.05) is 6.08 Å². The van der Waals surface area contributed by atoms with E-state index in [4.69, 9.17) is 5.11 Å². The number of hydrogen-bond donors (Lipinski definition) is 1. The summed E-state index contributed by atoms with van der Waals surface area (Å²) in [5.74, 6) is 0. The Bertz CT molecular complexity index is 398. The molecule has 0 aliphatic carbocycles. The Morgan fingerprint density at radius 3 is 2.50 bits per heavy atom. The zero-order valence-electron chi connectivity index (χ0n) is 10.8. The maximum absolute atomic E-state index is 8.68. The second-order valence-corrected chi connectivity index (χ2v) is 4.70. The van der Waals surface area contributed by atoms with Crippen LogP contribution in [0.25, 0.3) is 0 Å². The van der Waals surface area contributed by atoms with Gasteiger partial charge in [-0.3, -0.25) is 4.90 Å². The number of aliphatic hydroxyl groups is 1. The summed E-state index contributed by atoms with van der Waals surface area (Å²) < 4.78 is 0. The fraction of sp³-hybridized carbons (Fsp3) is 0.375. The number of piperidine rings is 1. The monoisotopic (exact) mass is 243 g/mol. The molecule has 1 aliphatic heterocycles. The Morgan fingerprint density at radius 1 is 1.11 bits per heavy atom. The van der Waals surface area contributed by atoms with Crippen LogP contribution in [-0.2, 0) is 6.54 Å². The summed E-state index contributed by atoms with van der Waals surface area (Å²) in [5.41, 5.74) is 2.88. The molecule has 2 nitrogen and oxygen atoms in total. The molecule has 1 fully saturated rings. The van der Waals surface area contributed by atoms with Crippen LogP contribution in [0.3, 0.4) is 0 Å². The molecule has 0 atom stereocenters. The summed E-state index contributed by atoms with van der Waals surface area (Å²) in [6.07, 6.45) is 8.17. The van der Waals surface area contributed by atoms with Gasteiger partial charge < -0.3 is 5.11 Å². The second-order valence-electron chi connectivity index (χ2n) is 4.70. The van der Waals surface area contributed by atoms with Gasteiger partial charge in [-0.25, -0.2) is 0 Å². The molecule has 1 heterocycles. The van der Waals surface area contributed by atoms with Gasteiger partial charge in [0.05, 0.1) is 6.61 Å². The van der Waals surface area contributed by atoms with Gasteiger partial charge in [-0.2, -0.15) is 0 Å². The van der Waals surface area contributed by atoms with Gasteiger partial charge in [0.1, 0.15) is 0 Å². The number of benzene rings is 1. The van der Waals surface area contributed by atoms with Crippen molar-refractivity contribution in [2.75, 3.05) is 19.7 Å². The molecule has 1 aliphatic rings. The van der Waals surface area contributed by atoms with Crippen LogP contribution < -0.4 is 0 Å². The molecule has 0 radical (unpaired) electrons. The lowest BCUT2D eigenvalue weighted by atomic mass is 10.0. The highest BCUT2D eigenvalue weighted by Crippen LogP contribution is 2.18. The summed E-state index contributed by atoms with van der Waals surface area (Å²) >= 11 is 0. The summed E-state index contributed by atoms with van der Waals surface area (Å²) in [7, 11) is 0. The van der Waals surface area contributed by atoms with Crippen molar-refractivity contribution in [1.29, 1.82) is 0 Å². The standard InChI is InChI=1S/C16H21NO/c18-13-5-4-6-15-9-11-17(12-10-15)14-16-7-2-1-3-8-16/h1-8,18H,9-14H2. The number of allylic oxidation sites excluding steroid dienone is 2. The van der Waals surface area contributed by atoms with E-state index in [1.165, 1.54) is 11.1 Å². The SMILES string of the molecule is OCC=CC=C1CCN(Cc2ccccc2)CC1. The van der Waals surface area contributed by atoms with Gasteiger partial charge >= 0.3 is 0 Å². The van der Waals surface area contributed by atoms with Crippen molar-refractivity contribution in [2.45, 2.75) is 19.4 Å². The van der Waals surface area contributed by atoms with Crippen LogP contribution in [0.1, 0.15) is 18.4 Å². The number of aliphatic hydroxyl groups excluding tert-OH is 1. The van der Waals surface area contributed by atoms with Crippen molar-refractivity contribution in [3.8, 4) is 0 Å². The van der Waals surface area contributed by atoms with E-state index in [2.05, 4.69) is 41.3 Å². The Kier molecular flexibility index (Phi) is 5.18. The molecule has 0 aromatic heterocycles. The number of hydrogen-bond acceptors (Lipinski definition) is 2. The zero-order chi connectivity index (χ0) is 12.6.